The molecule has 2 atom stereocenters. The highest BCUT2D eigenvalue weighted by atomic mass is 16.6. The maximum atomic E-state index is 12.7. The molecule has 2 rings (SSSR count). The molecule has 1 saturated carbocycles. The lowest BCUT2D eigenvalue weighted by atomic mass is 9.81. The van der Waals surface area contributed by atoms with E-state index >= 15 is 0 Å². The van der Waals surface area contributed by atoms with Crippen molar-refractivity contribution in [2.24, 2.45) is 11.8 Å². The van der Waals surface area contributed by atoms with Gasteiger partial charge in [0.1, 0.15) is 6.10 Å². The zero-order valence-electron chi connectivity index (χ0n) is 19.4. The van der Waals surface area contributed by atoms with E-state index in [-0.39, 0.29) is 17.5 Å². The maximum absolute atomic E-state index is 12.7. The minimum Gasteiger partial charge on any atom is -0.444 e. The van der Waals surface area contributed by atoms with E-state index in [1.165, 1.54) is 12.8 Å². The first-order chi connectivity index (χ1) is 15.8. The topological polar surface area (TPSA) is 125 Å². The van der Waals surface area contributed by atoms with Gasteiger partial charge in [-0.25, -0.2) is 4.79 Å². The predicted molar refractivity (Wildman–Crippen MR) is 126 cm³/mol. The minimum absolute atomic E-state index is 0.0574. The summed E-state index contributed by atoms with van der Waals surface area (Å²) in [5.41, 5.74) is -1.02. The molecule has 180 valence electrons. The first kappa shape index (κ1) is 26.1. The van der Waals surface area contributed by atoms with Gasteiger partial charge in [0.15, 0.2) is 0 Å². The Morgan fingerprint density at radius 3 is 2.30 bits per heavy atom. The summed E-state index contributed by atoms with van der Waals surface area (Å²) in [5.74, 6) is 6.48. The van der Waals surface area contributed by atoms with Gasteiger partial charge in [-0.1, -0.05) is 51.4 Å². The van der Waals surface area contributed by atoms with Crippen molar-refractivity contribution in [3.63, 3.8) is 0 Å². The molecule has 1 fully saturated rings. The van der Waals surface area contributed by atoms with Crippen LogP contribution in [-0.4, -0.2) is 22.0 Å². The molecular formula is C24H33N3O6. The molecule has 1 aliphatic carbocycles. The number of hydrogen-bond acceptors (Lipinski definition) is 6. The average Bonchev–Trinajstić information content (AvgIpc) is 2.79. The van der Waals surface area contributed by atoms with E-state index in [0.717, 1.165) is 69.6 Å². The zero-order chi connectivity index (χ0) is 24.2. The van der Waals surface area contributed by atoms with E-state index in [1.54, 1.807) is 0 Å². The molecule has 0 spiro atoms. The number of carbonyl (C=O) groups is 1. The van der Waals surface area contributed by atoms with Gasteiger partial charge in [0.2, 0.25) is 0 Å². The molecule has 9 heteroatoms. The fourth-order valence-corrected chi connectivity index (χ4v) is 4.17. The highest BCUT2D eigenvalue weighted by Gasteiger charge is 2.31. The van der Waals surface area contributed by atoms with Gasteiger partial charge in [-0.05, 0) is 32.1 Å². The van der Waals surface area contributed by atoms with Crippen LogP contribution in [0.4, 0.5) is 21.9 Å². The van der Waals surface area contributed by atoms with Crippen LogP contribution in [0.1, 0.15) is 78.1 Å². The van der Waals surface area contributed by atoms with Gasteiger partial charge < -0.3 is 4.74 Å². The van der Waals surface area contributed by atoms with E-state index in [1.807, 2.05) is 6.92 Å². The number of rotatable bonds is 10. The van der Waals surface area contributed by atoms with Crippen LogP contribution >= 0.6 is 0 Å². The SMILES string of the molecule is CCCCCCC#C[C@H](C)[C@@H](OC(=O)Nc1cc([N+](=O)[O-])cc([N+](=O)[O-])c1)C1CCCCC1. The summed E-state index contributed by atoms with van der Waals surface area (Å²) >= 11 is 0. The van der Waals surface area contributed by atoms with Crippen molar-refractivity contribution in [3.05, 3.63) is 38.4 Å². The van der Waals surface area contributed by atoms with Crippen LogP contribution in [0.15, 0.2) is 18.2 Å². The lowest BCUT2D eigenvalue weighted by Gasteiger charge is -2.32. The number of anilines is 1. The molecule has 0 unspecified atom stereocenters. The van der Waals surface area contributed by atoms with Crippen LogP contribution < -0.4 is 5.32 Å². The van der Waals surface area contributed by atoms with Gasteiger partial charge in [0.05, 0.1) is 27.5 Å². The zero-order valence-corrected chi connectivity index (χ0v) is 19.4. The Morgan fingerprint density at radius 1 is 1.09 bits per heavy atom. The molecule has 1 aliphatic rings. The van der Waals surface area contributed by atoms with Crippen LogP contribution in [0.25, 0.3) is 0 Å². The first-order valence-corrected chi connectivity index (χ1v) is 11.7. The first-order valence-electron chi connectivity index (χ1n) is 11.7. The van der Waals surface area contributed by atoms with Crippen molar-refractivity contribution < 1.29 is 19.4 Å². The van der Waals surface area contributed by atoms with Crippen molar-refractivity contribution in [3.8, 4) is 11.8 Å². The molecule has 0 aliphatic heterocycles. The molecule has 0 aromatic heterocycles. The number of non-ortho nitro benzene ring substituents is 2. The number of unbranched alkanes of at least 4 members (excludes halogenated alkanes) is 4. The summed E-state index contributed by atoms with van der Waals surface area (Å²) in [6.45, 7) is 4.11. The molecule has 1 aromatic carbocycles. The summed E-state index contributed by atoms with van der Waals surface area (Å²) in [5, 5.41) is 24.6. The monoisotopic (exact) mass is 459 g/mol. The number of nitrogens with zero attached hydrogens (tertiary/aromatic N) is 2. The number of hydrogen-bond donors (Lipinski definition) is 1. The maximum Gasteiger partial charge on any atom is 0.411 e. The molecule has 1 amide bonds. The largest absolute Gasteiger partial charge is 0.444 e. The lowest BCUT2D eigenvalue weighted by Crippen LogP contribution is -2.35. The van der Waals surface area contributed by atoms with E-state index < -0.39 is 33.4 Å². The highest BCUT2D eigenvalue weighted by molar-refractivity contribution is 5.86. The van der Waals surface area contributed by atoms with E-state index in [9.17, 15) is 25.0 Å². The Morgan fingerprint density at radius 2 is 1.73 bits per heavy atom. The Kier molecular flexibility index (Phi) is 10.6. The lowest BCUT2D eigenvalue weighted by molar-refractivity contribution is -0.394. The molecule has 1 aromatic rings. The summed E-state index contributed by atoms with van der Waals surface area (Å²) < 4.78 is 5.76. The summed E-state index contributed by atoms with van der Waals surface area (Å²) in [4.78, 5) is 33.4. The van der Waals surface area contributed by atoms with Gasteiger partial charge in [-0.3, -0.25) is 25.5 Å². The number of ether oxygens (including phenoxy) is 1. The summed E-state index contributed by atoms with van der Waals surface area (Å²) in [6.07, 6.45) is 9.36. The Balaban J connectivity index is 2.10. The molecule has 0 heterocycles. The van der Waals surface area contributed by atoms with Gasteiger partial charge in [0.25, 0.3) is 11.4 Å². The summed E-state index contributed by atoms with van der Waals surface area (Å²) in [6, 6.07) is 2.99. The van der Waals surface area contributed by atoms with Crippen LogP contribution in [0, 0.1) is 43.9 Å². The fourth-order valence-electron chi connectivity index (χ4n) is 4.17. The molecule has 33 heavy (non-hydrogen) atoms. The Bertz CT molecular complexity index is 854. The standard InChI is InChI=1S/C24H33N3O6/c1-3-4-5-6-7-9-12-18(2)23(19-13-10-8-11-14-19)33-24(28)25-20-15-21(26(29)30)17-22(16-20)27(31)32/h15-19,23H,3-8,10-11,13-14H2,1-2H3,(H,25,28)/t18-,23+/m0/s1. The number of nitro benzene ring substituents is 2. The van der Waals surface area contributed by atoms with Gasteiger partial charge in [0, 0.05) is 18.6 Å². The molecule has 0 saturated heterocycles. The van der Waals surface area contributed by atoms with Crippen LogP contribution in [0.5, 0.6) is 0 Å². The van der Waals surface area contributed by atoms with E-state index in [0.29, 0.717) is 0 Å². The molecular weight excluding hydrogens is 426 g/mol. The number of benzene rings is 1. The molecule has 0 radical (unpaired) electrons. The number of nitrogens with one attached hydrogen (secondary N) is 1. The van der Waals surface area contributed by atoms with Gasteiger partial charge in [-0.2, -0.15) is 0 Å². The second kappa shape index (κ2) is 13.4. The highest BCUT2D eigenvalue weighted by Crippen LogP contribution is 2.32. The predicted octanol–water partition coefficient (Wildman–Crippen LogP) is 6.61. The van der Waals surface area contributed by atoms with Gasteiger partial charge >= 0.3 is 6.09 Å². The van der Waals surface area contributed by atoms with Crippen molar-refractivity contribution >= 4 is 23.2 Å². The fraction of sp³-hybridized carbons (Fsp3) is 0.625. The van der Waals surface area contributed by atoms with Crippen molar-refractivity contribution in [1.82, 2.24) is 0 Å². The van der Waals surface area contributed by atoms with E-state index in [4.69, 9.17) is 4.74 Å². The number of carbonyl (C=O) groups excluding carboxylic acids is 1. The van der Waals surface area contributed by atoms with E-state index in [2.05, 4.69) is 24.1 Å². The third-order valence-electron chi connectivity index (χ3n) is 5.91. The number of nitro groups is 2. The Labute approximate surface area is 194 Å². The van der Waals surface area contributed by atoms with Crippen LogP contribution in [0.2, 0.25) is 0 Å². The average molecular weight is 460 g/mol. The van der Waals surface area contributed by atoms with Crippen molar-refractivity contribution in [2.45, 2.75) is 84.2 Å². The van der Waals surface area contributed by atoms with Crippen molar-refractivity contribution in [1.29, 1.82) is 0 Å². The second-order valence-electron chi connectivity index (χ2n) is 8.57. The summed E-state index contributed by atoms with van der Waals surface area (Å²) in [7, 11) is 0. The van der Waals surface area contributed by atoms with Crippen molar-refractivity contribution in [2.75, 3.05) is 5.32 Å². The number of amides is 1. The molecule has 0 bridgehead atoms. The van der Waals surface area contributed by atoms with Crippen LogP contribution in [0.3, 0.4) is 0 Å². The third-order valence-corrected chi connectivity index (χ3v) is 5.91. The molecule has 1 N–H and O–H groups in total. The van der Waals surface area contributed by atoms with Gasteiger partial charge in [-0.15, -0.1) is 5.92 Å². The normalized spacial score (nSPS) is 15.6. The third kappa shape index (κ3) is 8.72. The smallest absolute Gasteiger partial charge is 0.411 e. The quantitative estimate of drug-likeness (QED) is 0.182. The van der Waals surface area contributed by atoms with Crippen LogP contribution in [-0.2, 0) is 4.74 Å². The Hall–Kier alpha value is -3.15. The molecule has 9 nitrogen and oxygen atoms in total. The second-order valence-corrected chi connectivity index (χ2v) is 8.57. The minimum atomic E-state index is -0.794.